The lowest BCUT2D eigenvalue weighted by molar-refractivity contribution is -0.137. The Morgan fingerprint density at radius 2 is 2.04 bits per heavy atom. The predicted molar refractivity (Wildman–Crippen MR) is 82.3 cm³/mol. The Bertz CT molecular complexity index is 568. The average Bonchev–Trinajstić information content (AvgIpc) is 2.53. The standard InChI is InChI=1S/C17H22F3NO3/c1-12(9-13-3-2-4-14(10-13)17(18,19)20)15(22)21-11-16(23)5-7-24-8-6-16/h2-4,10,12,23H,5-9,11H2,1H3,(H,21,22). The fraction of sp³-hybridized carbons (Fsp3) is 0.588. The minimum absolute atomic E-state index is 0.127. The van der Waals surface area contributed by atoms with Gasteiger partial charge >= 0.3 is 6.18 Å². The molecule has 1 aliphatic heterocycles. The van der Waals surface area contributed by atoms with E-state index in [0.29, 0.717) is 31.6 Å². The van der Waals surface area contributed by atoms with Gasteiger partial charge in [0.15, 0.2) is 0 Å². The summed E-state index contributed by atoms with van der Waals surface area (Å²) in [5.41, 5.74) is -1.23. The van der Waals surface area contributed by atoms with Crippen LogP contribution in [0.25, 0.3) is 0 Å². The van der Waals surface area contributed by atoms with Crippen LogP contribution in [-0.4, -0.2) is 36.4 Å². The molecule has 0 spiro atoms. The third kappa shape index (κ3) is 5.21. The summed E-state index contributed by atoms with van der Waals surface area (Å²) in [7, 11) is 0. The van der Waals surface area contributed by atoms with Crippen molar-refractivity contribution in [3.05, 3.63) is 35.4 Å². The van der Waals surface area contributed by atoms with E-state index in [1.54, 1.807) is 13.0 Å². The second-order valence-corrected chi connectivity index (χ2v) is 6.36. The van der Waals surface area contributed by atoms with E-state index < -0.39 is 23.3 Å². The zero-order chi connectivity index (χ0) is 17.8. The predicted octanol–water partition coefficient (Wildman–Crippen LogP) is 2.54. The Balaban J connectivity index is 1.89. The molecule has 1 fully saturated rings. The summed E-state index contributed by atoms with van der Waals surface area (Å²) in [5.74, 6) is -0.774. The maximum Gasteiger partial charge on any atom is 0.416 e. The first-order chi connectivity index (χ1) is 11.2. The third-order valence-corrected chi connectivity index (χ3v) is 4.26. The second kappa shape index (κ2) is 7.53. The van der Waals surface area contributed by atoms with Crippen LogP contribution in [-0.2, 0) is 22.1 Å². The normalized spacial score (nSPS) is 18.9. The van der Waals surface area contributed by atoms with Gasteiger partial charge in [0.05, 0.1) is 11.2 Å². The monoisotopic (exact) mass is 345 g/mol. The van der Waals surface area contributed by atoms with E-state index in [1.807, 2.05) is 0 Å². The number of hydrogen-bond acceptors (Lipinski definition) is 3. The molecule has 0 aliphatic carbocycles. The molecule has 1 aromatic rings. The highest BCUT2D eigenvalue weighted by Crippen LogP contribution is 2.30. The lowest BCUT2D eigenvalue weighted by Crippen LogP contribution is -2.47. The number of amides is 1. The van der Waals surface area contributed by atoms with E-state index >= 15 is 0 Å². The van der Waals surface area contributed by atoms with Gasteiger partial charge in [0, 0.05) is 38.5 Å². The first-order valence-electron chi connectivity index (χ1n) is 7.94. The van der Waals surface area contributed by atoms with Crippen LogP contribution in [0, 0.1) is 5.92 Å². The molecule has 134 valence electrons. The van der Waals surface area contributed by atoms with Crippen LogP contribution in [0.15, 0.2) is 24.3 Å². The fourth-order valence-electron chi connectivity index (χ4n) is 2.67. The molecule has 1 heterocycles. The molecule has 0 radical (unpaired) electrons. The number of aliphatic hydroxyl groups is 1. The molecule has 24 heavy (non-hydrogen) atoms. The Morgan fingerprint density at radius 3 is 2.67 bits per heavy atom. The quantitative estimate of drug-likeness (QED) is 0.862. The number of nitrogens with one attached hydrogen (secondary N) is 1. The summed E-state index contributed by atoms with van der Waals surface area (Å²) in [6.07, 6.45) is -3.28. The van der Waals surface area contributed by atoms with E-state index in [9.17, 15) is 23.1 Å². The van der Waals surface area contributed by atoms with Crippen LogP contribution in [0.5, 0.6) is 0 Å². The second-order valence-electron chi connectivity index (χ2n) is 6.36. The summed E-state index contributed by atoms with van der Waals surface area (Å²) in [6, 6.07) is 4.99. The topological polar surface area (TPSA) is 58.6 Å². The molecule has 1 aliphatic rings. The molecule has 4 nitrogen and oxygen atoms in total. The van der Waals surface area contributed by atoms with Gasteiger partial charge < -0.3 is 15.2 Å². The van der Waals surface area contributed by atoms with Gasteiger partial charge in [0.2, 0.25) is 5.91 Å². The van der Waals surface area contributed by atoms with Crippen molar-refractivity contribution in [1.82, 2.24) is 5.32 Å². The van der Waals surface area contributed by atoms with Crippen molar-refractivity contribution in [2.75, 3.05) is 19.8 Å². The third-order valence-electron chi connectivity index (χ3n) is 4.26. The van der Waals surface area contributed by atoms with Crippen molar-refractivity contribution in [2.45, 2.75) is 38.0 Å². The summed E-state index contributed by atoms with van der Waals surface area (Å²) in [6.45, 7) is 2.68. The zero-order valence-corrected chi connectivity index (χ0v) is 13.5. The molecule has 1 saturated heterocycles. The highest BCUT2D eigenvalue weighted by atomic mass is 19.4. The molecule has 0 aromatic heterocycles. The van der Waals surface area contributed by atoms with Crippen molar-refractivity contribution in [3.63, 3.8) is 0 Å². The van der Waals surface area contributed by atoms with E-state index in [2.05, 4.69) is 5.32 Å². The van der Waals surface area contributed by atoms with Crippen LogP contribution < -0.4 is 5.32 Å². The van der Waals surface area contributed by atoms with E-state index in [1.165, 1.54) is 6.07 Å². The van der Waals surface area contributed by atoms with Crippen molar-refractivity contribution in [2.24, 2.45) is 5.92 Å². The molecule has 2 N–H and O–H groups in total. The molecule has 1 aromatic carbocycles. The summed E-state index contributed by atoms with van der Waals surface area (Å²) in [5, 5.41) is 13.0. The lowest BCUT2D eigenvalue weighted by Gasteiger charge is -2.32. The molecule has 1 amide bonds. The molecule has 0 bridgehead atoms. The van der Waals surface area contributed by atoms with Gasteiger partial charge in [-0.3, -0.25) is 4.79 Å². The maximum atomic E-state index is 12.7. The van der Waals surface area contributed by atoms with Gasteiger partial charge in [0.1, 0.15) is 0 Å². The average molecular weight is 345 g/mol. The van der Waals surface area contributed by atoms with Crippen molar-refractivity contribution in [1.29, 1.82) is 0 Å². The molecule has 7 heteroatoms. The van der Waals surface area contributed by atoms with Crippen LogP contribution in [0.4, 0.5) is 13.2 Å². The molecular weight excluding hydrogens is 323 g/mol. The number of alkyl halides is 3. The summed E-state index contributed by atoms with van der Waals surface area (Å²) in [4.78, 5) is 12.1. The Kier molecular flexibility index (Phi) is 5.87. The molecule has 0 saturated carbocycles. The Labute approximate surface area is 139 Å². The van der Waals surface area contributed by atoms with Crippen LogP contribution >= 0.6 is 0 Å². The van der Waals surface area contributed by atoms with E-state index in [0.717, 1.165) is 12.1 Å². The van der Waals surface area contributed by atoms with Crippen molar-refractivity contribution in [3.8, 4) is 0 Å². The van der Waals surface area contributed by atoms with Crippen molar-refractivity contribution >= 4 is 5.91 Å². The highest BCUT2D eigenvalue weighted by Gasteiger charge is 2.32. The van der Waals surface area contributed by atoms with Gasteiger partial charge in [-0.1, -0.05) is 25.1 Å². The fourth-order valence-corrected chi connectivity index (χ4v) is 2.67. The summed E-state index contributed by atoms with van der Waals surface area (Å²) < 4.78 is 43.3. The molecule has 2 rings (SSSR count). The molecular formula is C17H22F3NO3. The van der Waals surface area contributed by atoms with Crippen LogP contribution in [0.3, 0.4) is 0 Å². The van der Waals surface area contributed by atoms with E-state index in [-0.39, 0.29) is 18.9 Å². The number of ether oxygens (including phenoxy) is 1. The first kappa shape index (κ1) is 18.7. The Morgan fingerprint density at radius 1 is 1.38 bits per heavy atom. The van der Waals surface area contributed by atoms with Gasteiger partial charge in [-0.15, -0.1) is 0 Å². The number of halogens is 3. The largest absolute Gasteiger partial charge is 0.416 e. The highest BCUT2D eigenvalue weighted by molar-refractivity contribution is 5.78. The smallest absolute Gasteiger partial charge is 0.388 e. The van der Waals surface area contributed by atoms with Gasteiger partial charge in [-0.25, -0.2) is 0 Å². The molecule has 1 atom stereocenters. The SMILES string of the molecule is CC(Cc1cccc(C(F)(F)F)c1)C(=O)NCC1(O)CCOCC1. The number of carbonyl (C=O) groups is 1. The number of carbonyl (C=O) groups excluding carboxylic acids is 1. The number of hydrogen-bond donors (Lipinski definition) is 2. The van der Waals surface area contributed by atoms with Crippen molar-refractivity contribution < 1.29 is 27.8 Å². The first-order valence-corrected chi connectivity index (χ1v) is 7.94. The minimum atomic E-state index is -4.40. The van der Waals surface area contributed by atoms with Gasteiger partial charge in [-0.2, -0.15) is 13.2 Å². The zero-order valence-electron chi connectivity index (χ0n) is 13.5. The van der Waals surface area contributed by atoms with Gasteiger partial charge in [-0.05, 0) is 18.1 Å². The Hall–Kier alpha value is -1.60. The lowest BCUT2D eigenvalue weighted by atomic mass is 9.93. The van der Waals surface area contributed by atoms with Crippen LogP contribution in [0.1, 0.15) is 30.9 Å². The van der Waals surface area contributed by atoms with E-state index in [4.69, 9.17) is 4.74 Å². The number of rotatable bonds is 5. The number of benzene rings is 1. The van der Waals surface area contributed by atoms with Gasteiger partial charge in [0.25, 0.3) is 0 Å². The van der Waals surface area contributed by atoms with Crippen LogP contribution in [0.2, 0.25) is 0 Å². The summed E-state index contributed by atoms with van der Waals surface area (Å²) >= 11 is 0. The minimum Gasteiger partial charge on any atom is -0.388 e. The maximum absolute atomic E-state index is 12.7. The molecule has 1 unspecified atom stereocenters.